The van der Waals surface area contributed by atoms with Crippen LogP contribution < -0.4 is 5.56 Å². The molecule has 1 aliphatic heterocycles. The van der Waals surface area contributed by atoms with Crippen LogP contribution in [0.3, 0.4) is 0 Å². The Morgan fingerprint density at radius 2 is 2.38 bits per heavy atom. The van der Waals surface area contributed by atoms with E-state index in [-0.39, 0.29) is 5.56 Å². The maximum atomic E-state index is 11.9. The quantitative estimate of drug-likeness (QED) is 0.755. The number of hydrogen-bond acceptors (Lipinski definition) is 6. The van der Waals surface area contributed by atoms with Crippen LogP contribution in [0.15, 0.2) is 17.1 Å². The summed E-state index contributed by atoms with van der Waals surface area (Å²) in [6, 6.07) is 1.51. The highest BCUT2D eigenvalue weighted by atomic mass is 32.1. The molecule has 0 saturated carbocycles. The minimum atomic E-state index is -0.115. The van der Waals surface area contributed by atoms with Crippen LogP contribution in [0.1, 0.15) is 22.0 Å². The molecule has 21 heavy (non-hydrogen) atoms. The zero-order valence-electron chi connectivity index (χ0n) is 11.5. The Balaban J connectivity index is 1.61. The van der Waals surface area contributed by atoms with Gasteiger partial charge in [0.05, 0.1) is 12.7 Å². The molecule has 0 bridgehead atoms. The molecular weight excluding hydrogens is 288 g/mol. The third-order valence-electron chi connectivity index (χ3n) is 3.65. The molecule has 0 aliphatic carbocycles. The van der Waals surface area contributed by atoms with Crippen molar-refractivity contribution in [2.75, 3.05) is 6.54 Å². The van der Waals surface area contributed by atoms with Crippen molar-refractivity contribution < 1.29 is 0 Å². The van der Waals surface area contributed by atoms with Crippen molar-refractivity contribution in [2.24, 2.45) is 0 Å². The number of nitrogens with one attached hydrogen (secondary N) is 1. The van der Waals surface area contributed by atoms with E-state index >= 15 is 0 Å². The summed E-state index contributed by atoms with van der Waals surface area (Å²) in [6.45, 7) is 4.39. The van der Waals surface area contributed by atoms with Gasteiger partial charge < -0.3 is 0 Å². The fourth-order valence-corrected chi connectivity index (χ4v) is 3.62. The second-order valence-electron chi connectivity index (χ2n) is 5.26. The smallest absolute Gasteiger partial charge is 0.275 e. The van der Waals surface area contributed by atoms with Crippen molar-refractivity contribution in [3.05, 3.63) is 44.6 Å². The van der Waals surface area contributed by atoms with Crippen LogP contribution in [-0.4, -0.2) is 36.2 Å². The monoisotopic (exact) mass is 302 g/mol. The lowest BCUT2D eigenvalue weighted by Crippen LogP contribution is -2.29. The largest absolute Gasteiger partial charge is 0.292 e. The summed E-state index contributed by atoms with van der Waals surface area (Å²) >= 11 is 1.48. The molecule has 1 N–H and O–H groups in total. The van der Waals surface area contributed by atoms with Crippen LogP contribution in [0.4, 0.5) is 0 Å². The summed E-state index contributed by atoms with van der Waals surface area (Å²) in [5, 5.41) is 12.4. The second-order valence-corrected chi connectivity index (χ2v) is 6.30. The minimum Gasteiger partial charge on any atom is -0.292 e. The number of aryl methyl sites for hydroxylation is 1. The number of aromatic amines is 1. The van der Waals surface area contributed by atoms with Gasteiger partial charge in [-0.25, -0.2) is 4.98 Å². The molecule has 4 heterocycles. The molecule has 1 aliphatic rings. The number of H-pyrrole nitrogens is 1. The molecule has 0 spiro atoms. The lowest BCUT2D eigenvalue weighted by Gasteiger charge is -2.24. The molecule has 3 aromatic heterocycles. The van der Waals surface area contributed by atoms with Gasteiger partial charge in [0.1, 0.15) is 5.01 Å². The lowest BCUT2D eigenvalue weighted by molar-refractivity contribution is 0.243. The Morgan fingerprint density at radius 1 is 1.48 bits per heavy atom. The standard InChI is InChI=1S/C13H14N6OS/c1-8-4-12(20)19-13(15-8)21-11(17-19)7-18-3-2-10-9(6-18)5-14-16-10/h4-5H,2-3,6-7H2,1H3,(H,14,16). The van der Waals surface area contributed by atoms with Crippen molar-refractivity contribution in [2.45, 2.75) is 26.4 Å². The first-order valence-electron chi connectivity index (χ1n) is 6.79. The van der Waals surface area contributed by atoms with Crippen LogP contribution in [0.5, 0.6) is 0 Å². The highest BCUT2D eigenvalue weighted by molar-refractivity contribution is 7.16. The van der Waals surface area contributed by atoms with Gasteiger partial charge in [0.15, 0.2) is 0 Å². The molecule has 7 nitrogen and oxygen atoms in total. The van der Waals surface area contributed by atoms with Gasteiger partial charge in [-0.05, 0) is 6.92 Å². The Kier molecular flexibility index (Phi) is 2.86. The van der Waals surface area contributed by atoms with Gasteiger partial charge in [0.2, 0.25) is 4.96 Å². The highest BCUT2D eigenvalue weighted by Gasteiger charge is 2.19. The van der Waals surface area contributed by atoms with Crippen LogP contribution in [0, 0.1) is 6.92 Å². The van der Waals surface area contributed by atoms with Crippen LogP contribution >= 0.6 is 11.3 Å². The second kappa shape index (κ2) is 4.74. The minimum absolute atomic E-state index is 0.115. The first kappa shape index (κ1) is 12.7. The average Bonchev–Trinajstić information content (AvgIpc) is 3.04. The molecule has 0 amide bonds. The van der Waals surface area contributed by atoms with Crippen molar-refractivity contribution in [3.63, 3.8) is 0 Å². The zero-order chi connectivity index (χ0) is 14.4. The number of nitrogens with zero attached hydrogens (tertiary/aromatic N) is 5. The molecule has 0 saturated heterocycles. The number of hydrogen-bond donors (Lipinski definition) is 1. The molecule has 8 heteroatoms. The van der Waals surface area contributed by atoms with E-state index in [1.54, 1.807) is 0 Å². The van der Waals surface area contributed by atoms with E-state index in [0.717, 1.165) is 36.8 Å². The summed E-state index contributed by atoms with van der Waals surface area (Å²) in [5.74, 6) is 0. The molecule has 0 fully saturated rings. The topological polar surface area (TPSA) is 79.2 Å². The molecule has 3 aromatic rings. The van der Waals surface area contributed by atoms with E-state index in [4.69, 9.17) is 0 Å². The van der Waals surface area contributed by atoms with Crippen molar-refractivity contribution >= 4 is 16.3 Å². The molecule has 108 valence electrons. The zero-order valence-corrected chi connectivity index (χ0v) is 12.4. The van der Waals surface area contributed by atoms with Gasteiger partial charge in [0.25, 0.3) is 5.56 Å². The van der Waals surface area contributed by atoms with Gasteiger partial charge in [-0.3, -0.25) is 14.8 Å². The summed E-state index contributed by atoms with van der Waals surface area (Å²) in [7, 11) is 0. The fourth-order valence-electron chi connectivity index (χ4n) is 2.63. The van der Waals surface area contributed by atoms with Gasteiger partial charge in [0, 0.05) is 42.5 Å². The lowest BCUT2D eigenvalue weighted by atomic mass is 10.1. The Bertz CT molecular complexity index is 863. The Hall–Kier alpha value is -2.06. The van der Waals surface area contributed by atoms with Gasteiger partial charge >= 0.3 is 0 Å². The number of aromatic nitrogens is 5. The van der Waals surface area contributed by atoms with Gasteiger partial charge in [-0.1, -0.05) is 11.3 Å². The maximum absolute atomic E-state index is 11.9. The molecule has 0 unspecified atom stereocenters. The van der Waals surface area contributed by atoms with Crippen molar-refractivity contribution in [1.29, 1.82) is 0 Å². The molecular formula is C13H14N6OS. The normalized spacial score (nSPS) is 15.5. The summed E-state index contributed by atoms with van der Waals surface area (Å²) < 4.78 is 1.39. The van der Waals surface area contributed by atoms with Gasteiger partial charge in [-0.15, -0.1) is 0 Å². The van der Waals surface area contributed by atoms with E-state index < -0.39 is 0 Å². The first-order valence-corrected chi connectivity index (χ1v) is 7.60. The molecule has 4 rings (SSSR count). The number of fused-ring (bicyclic) bond motifs is 2. The fraction of sp³-hybridized carbons (Fsp3) is 0.385. The van der Waals surface area contributed by atoms with E-state index in [0.29, 0.717) is 4.96 Å². The van der Waals surface area contributed by atoms with E-state index in [9.17, 15) is 4.79 Å². The molecule has 0 radical (unpaired) electrons. The van der Waals surface area contributed by atoms with E-state index in [1.807, 2.05) is 13.1 Å². The van der Waals surface area contributed by atoms with Crippen molar-refractivity contribution in [3.8, 4) is 0 Å². The predicted molar refractivity (Wildman–Crippen MR) is 78.3 cm³/mol. The van der Waals surface area contributed by atoms with E-state index in [1.165, 1.54) is 33.2 Å². The van der Waals surface area contributed by atoms with E-state index in [2.05, 4.69) is 25.2 Å². The first-order chi connectivity index (χ1) is 10.2. The third-order valence-corrected chi connectivity index (χ3v) is 4.55. The highest BCUT2D eigenvalue weighted by Crippen LogP contribution is 2.20. The summed E-state index contributed by atoms with van der Waals surface area (Å²) in [6.07, 6.45) is 2.85. The van der Waals surface area contributed by atoms with Gasteiger partial charge in [-0.2, -0.15) is 14.7 Å². The SMILES string of the molecule is Cc1cc(=O)n2nc(CN3CCc4[nH]ncc4C3)sc2n1. The van der Waals surface area contributed by atoms with Crippen molar-refractivity contribution in [1.82, 2.24) is 29.7 Å². The predicted octanol–water partition coefficient (Wildman–Crippen LogP) is 0.741. The maximum Gasteiger partial charge on any atom is 0.275 e. The molecule has 0 aromatic carbocycles. The Morgan fingerprint density at radius 3 is 3.29 bits per heavy atom. The third kappa shape index (κ3) is 2.26. The summed E-state index contributed by atoms with van der Waals surface area (Å²) in [5.41, 5.74) is 3.09. The average molecular weight is 302 g/mol. The van der Waals surface area contributed by atoms with Crippen LogP contribution in [-0.2, 0) is 19.5 Å². The molecule has 0 atom stereocenters. The summed E-state index contributed by atoms with van der Waals surface area (Å²) in [4.78, 5) is 19.2. The Labute approximate surface area is 124 Å². The van der Waals surface area contributed by atoms with Crippen LogP contribution in [0.25, 0.3) is 4.96 Å². The number of rotatable bonds is 2. The van der Waals surface area contributed by atoms with Crippen LogP contribution in [0.2, 0.25) is 0 Å².